The lowest BCUT2D eigenvalue weighted by molar-refractivity contribution is 0.0834. The number of hydrogen-bond donors (Lipinski definition) is 2. The van der Waals surface area contributed by atoms with E-state index in [1.165, 1.54) is 0 Å². The van der Waals surface area contributed by atoms with Crippen molar-refractivity contribution in [2.75, 3.05) is 19.8 Å². The van der Waals surface area contributed by atoms with Gasteiger partial charge in [-0.3, -0.25) is 4.68 Å². The van der Waals surface area contributed by atoms with Crippen molar-refractivity contribution >= 4 is 0 Å². The van der Waals surface area contributed by atoms with Crippen LogP contribution in [0.4, 0.5) is 0 Å². The summed E-state index contributed by atoms with van der Waals surface area (Å²) >= 11 is 0. The molecule has 2 rings (SSSR count). The van der Waals surface area contributed by atoms with Gasteiger partial charge >= 0.3 is 0 Å². The van der Waals surface area contributed by atoms with Crippen LogP contribution in [-0.4, -0.2) is 34.6 Å². The van der Waals surface area contributed by atoms with E-state index in [-0.39, 0.29) is 6.54 Å². The molecule has 0 saturated carbocycles. The number of aromatic nitrogens is 2. The number of aliphatic hydroxyl groups is 1. The van der Waals surface area contributed by atoms with E-state index >= 15 is 0 Å². The molecule has 0 amide bonds. The van der Waals surface area contributed by atoms with Crippen molar-refractivity contribution in [3.05, 3.63) is 17.5 Å². The molecule has 0 aromatic carbocycles. The largest absolute Gasteiger partial charge is 0.387 e. The van der Waals surface area contributed by atoms with Crippen LogP contribution >= 0.6 is 0 Å². The molecule has 1 aliphatic heterocycles. The van der Waals surface area contributed by atoms with Crippen molar-refractivity contribution < 1.29 is 9.84 Å². The maximum atomic E-state index is 9.84. The molecule has 1 aromatic heterocycles. The number of aliphatic hydroxyl groups excluding tert-OH is 1. The SMILES string of the molecule is Cn1cc(C(O)CN)c(C2CCOCC2)n1. The quantitative estimate of drug-likeness (QED) is 0.776. The van der Waals surface area contributed by atoms with E-state index < -0.39 is 6.10 Å². The van der Waals surface area contributed by atoms with Gasteiger partial charge in [0, 0.05) is 44.5 Å². The predicted octanol–water partition coefficient (Wildman–Crippen LogP) is 0.306. The van der Waals surface area contributed by atoms with E-state index in [9.17, 15) is 5.11 Å². The summed E-state index contributed by atoms with van der Waals surface area (Å²) in [6.45, 7) is 1.79. The minimum atomic E-state index is -0.605. The van der Waals surface area contributed by atoms with Crippen LogP contribution in [0, 0.1) is 0 Å². The highest BCUT2D eigenvalue weighted by atomic mass is 16.5. The summed E-state index contributed by atoms with van der Waals surface area (Å²) in [5.41, 5.74) is 7.36. The zero-order valence-corrected chi connectivity index (χ0v) is 9.59. The molecule has 1 unspecified atom stereocenters. The first-order chi connectivity index (χ1) is 7.72. The van der Waals surface area contributed by atoms with E-state index in [2.05, 4.69) is 5.10 Å². The van der Waals surface area contributed by atoms with Crippen molar-refractivity contribution in [2.45, 2.75) is 24.9 Å². The lowest BCUT2D eigenvalue weighted by atomic mass is 9.92. The zero-order valence-electron chi connectivity index (χ0n) is 9.59. The lowest BCUT2D eigenvalue weighted by Crippen LogP contribution is -2.18. The molecule has 0 bridgehead atoms. The molecule has 0 aliphatic carbocycles. The summed E-state index contributed by atoms with van der Waals surface area (Å²) in [4.78, 5) is 0. The Morgan fingerprint density at radius 1 is 1.62 bits per heavy atom. The van der Waals surface area contributed by atoms with Gasteiger partial charge in [0.15, 0.2) is 0 Å². The highest BCUT2D eigenvalue weighted by molar-refractivity contribution is 5.24. The molecule has 16 heavy (non-hydrogen) atoms. The molecular formula is C11H19N3O2. The minimum absolute atomic E-state index is 0.238. The van der Waals surface area contributed by atoms with Crippen LogP contribution in [0.3, 0.4) is 0 Å². The highest BCUT2D eigenvalue weighted by Crippen LogP contribution is 2.30. The Morgan fingerprint density at radius 2 is 2.31 bits per heavy atom. The molecule has 2 heterocycles. The normalized spacial score (nSPS) is 19.9. The van der Waals surface area contributed by atoms with Gasteiger partial charge in [-0.05, 0) is 12.8 Å². The van der Waals surface area contributed by atoms with Gasteiger partial charge < -0.3 is 15.6 Å². The molecule has 1 aromatic rings. The molecule has 90 valence electrons. The van der Waals surface area contributed by atoms with E-state index in [4.69, 9.17) is 10.5 Å². The number of rotatable bonds is 3. The second-order valence-electron chi connectivity index (χ2n) is 4.28. The Hall–Kier alpha value is -0.910. The van der Waals surface area contributed by atoms with Crippen molar-refractivity contribution in [1.29, 1.82) is 0 Å². The number of ether oxygens (including phenoxy) is 1. The summed E-state index contributed by atoms with van der Waals surface area (Å²) in [5.74, 6) is 0.395. The van der Waals surface area contributed by atoms with Gasteiger partial charge in [0.25, 0.3) is 0 Å². The average Bonchev–Trinajstić information content (AvgIpc) is 2.71. The van der Waals surface area contributed by atoms with Gasteiger partial charge in [0.2, 0.25) is 0 Å². The third-order valence-electron chi connectivity index (χ3n) is 3.08. The summed E-state index contributed by atoms with van der Waals surface area (Å²) in [6.07, 6.45) is 3.21. The van der Waals surface area contributed by atoms with Crippen LogP contribution < -0.4 is 5.73 Å². The molecule has 1 saturated heterocycles. The van der Waals surface area contributed by atoms with Crippen molar-refractivity contribution in [3.8, 4) is 0 Å². The van der Waals surface area contributed by atoms with Crippen molar-refractivity contribution in [1.82, 2.24) is 9.78 Å². The zero-order chi connectivity index (χ0) is 11.5. The Kier molecular flexibility index (Phi) is 3.58. The van der Waals surface area contributed by atoms with Crippen LogP contribution in [-0.2, 0) is 11.8 Å². The Balaban J connectivity index is 2.24. The monoisotopic (exact) mass is 225 g/mol. The lowest BCUT2D eigenvalue weighted by Gasteiger charge is -2.22. The Bertz CT molecular complexity index is 345. The van der Waals surface area contributed by atoms with Crippen LogP contribution in [0.25, 0.3) is 0 Å². The second-order valence-corrected chi connectivity index (χ2v) is 4.28. The van der Waals surface area contributed by atoms with E-state index in [0.717, 1.165) is 37.3 Å². The van der Waals surface area contributed by atoms with Gasteiger partial charge in [-0.2, -0.15) is 5.10 Å². The average molecular weight is 225 g/mol. The molecule has 1 atom stereocenters. The van der Waals surface area contributed by atoms with Crippen LogP contribution in [0.15, 0.2) is 6.20 Å². The topological polar surface area (TPSA) is 73.3 Å². The highest BCUT2D eigenvalue weighted by Gasteiger charge is 2.24. The number of nitrogens with zero attached hydrogens (tertiary/aromatic N) is 2. The second kappa shape index (κ2) is 4.95. The molecular weight excluding hydrogens is 206 g/mol. The Labute approximate surface area is 95.2 Å². The molecule has 0 radical (unpaired) electrons. The van der Waals surface area contributed by atoms with Crippen LogP contribution in [0.2, 0.25) is 0 Å². The molecule has 1 aliphatic rings. The minimum Gasteiger partial charge on any atom is -0.387 e. The first kappa shape index (κ1) is 11.6. The third kappa shape index (κ3) is 2.26. The van der Waals surface area contributed by atoms with Gasteiger partial charge in [0.1, 0.15) is 0 Å². The fraction of sp³-hybridized carbons (Fsp3) is 0.727. The number of nitrogens with two attached hydrogens (primary N) is 1. The van der Waals surface area contributed by atoms with Crippen LogP contribution in [0.1, 0.15) is 36.1 Å². The summed E-state index contributed by atoms with van der Waals surface area (Å²) in [7, 11) is 1.87. The summed E-state index contributed by atoms with van der Waals surface area (Å²) in [6, 6.07) is 0. The third-order valence-corrected chi connectivity index (χ3v) is 3.08. The van der Waals surface area contributed by atoms with Crippen LogP contribution in [0.5, 0.6) is 0 Å². The molecule has 5 nitrogen and oxygen atoms in total. The molecule has 3 N–H and O–H groups in total. The summed E-state index contributed by atoms with van der Waals surface area (Å²) in [5, 5.41) is 14.3. The van der Waals surface area contributed by atoms with Crippen molar-refractivity contribution in [2.24, 2.45) is 12.8 Å². The number of aryl methyl sites for hydroxylation is 1. The smallest absolute Gasteiger partial charge is 0.0945 e. The first-order valence-corrected chi connectivity index (χ1v) is 5.71. The van der Waals surface area contributed by atoms with E-state index in [1.54, 1.807) is 4.68 Å². The fourth-order valence-electron chi connectivity index (χ4n) is 2.20. The van der Waals surface area contributed by atoms with Gasteiger partial charge in [0.05, 0.1) is 11.8 Å². The maximum Gasteiger partial charge on any atom is 0.0945 e. The van der Waals surface area contributed by atoms with Crippen molar-refractivity contribution in [3.63, 3.8) is 0 Å². The molecule has 5 heteroatoms. The molecule has 1 fully saturated rings. The molecule has 0 spiro atoms. The maximum absolute atomic E-state index is 9.84. The Morgan fingerprint density at radius 3 is 2.94 bits per heavy atom. The predicted molar refractivity (Wildman–Crippen MR) is 60.0 cm³/mol. The van der Waals surface area contributed by atoms with Gasteiger partial charge in [-0.25, -0.2) is 0 Å². The van der Waals surface area contributed by atoms with Gasteiger partial charge in [-0.15, -0.1) is 0 Å². The number of hydrogen-bond acceptors (Lipinski definition) is 4. The van der Waals surface area contributed by atoms with Gasteiger partial charge in [-0.1, -0.05) is 0 Å². The van der Waals surface area contributed by atoms with E-state index in [1.807, 2.05) is 13.2 Å². The fourth-order valence-corrected chi connectivity index (χ4v) is 2.20. The van der Waals surface area contributed by atoms with E-state index in [0.29, 0.717) is 5.92 Å². The first-order valence-electron chi connectivity index (χ1n) is 5.71. The standard InChI is InChI=1S/C11H19N3O2/c1-14-7-9(10(15)6-12)11(13-14)8-2-4-16-5-3-8/h7-8,10,15H,2-6,12H2,1H3. The summed E-state index contributed by atoms with van der Waals surface area (Å²) < 4.78 is 7.08.